The molecule has 0 amide bonds. The molecular formula is C33H50FNO. The van der Waals surface area contributed by atoms with Gasteiger partial charge in [-0.05, 0) is 67.2 Å². The summed E-state index contributed by atoms with van der Waals surface area (Å²) < 4.78 is 20.9. The highest BCUT2D eigenvalue weighted by Crippen LogP contribution is 2.48. The van der Waals surface area contributed by atoms with Crippen LogP contribution in [-0.4, -0.2) is 11.6 Å². The largest absolute Gasteiger partial charge is 0.493 e. The molecule has 0 atom stereocenters. The maximum Gasteiger partial charge on any atom is 0.136 e. The minimum atomic E-state index is -0.255. The summed E-state index contributed by atoms with van der Waals surface area (Å²) in [5, 5.41) is 0. The van der Waals surface area contributed by atoms with Crippen molar-refractivity contribution in [2.45, 2.75) is 129 Å². The Labute approximate surface area is 220 Å². The summed E-state index contributed by atoms with van der Waals surface area (Å²) in [7, 11) is 0. The summed E-state index contributed by atoms with van der Waals surface area (Å²) >= 11 is 0. The Balaban J connectivity index is 1.64. The molecule has 0 aliphatic heterocycles. The van der Waals surface area contributed by atoms with Crippen LogP contribution >= 0.6 is 0 Å². The van der Waals surface area contributed by atoms with Crippen LogP contribution in [0.4, 0.5) is 4.39 Å². The first-order chi connectivity index (χ1) is 17.6. The molecule has 1 aromatic carbocycles. The zero-order valence-electron chi connectivity index (χ0n) is 23.3. The third-order valence-corrected chi connectivity index (χ3v) is 8.37. The first-order valence-electron chi connectivity index (χ1n) is 15.0. The number of rotatable bonds is 16. The lowest BCUT2D eigenvalue weighted by atomic mass is 9.60. The van der Waals surface area contributed by atoms with Crippen LogP contribution in [0.2, 0.25) is 0 Å². The molecule has 1 aliphatic carbocycles. The second-order valence-electron chi connectivity index (χ2n) is 11.0. The zero-order chi connectivity index (χ0) is 25.6. The van der Waals surface area contributed by atoms with Gasteiger partial charge in [0, 0.05) is 17.8 Å². The van der Waals surface area contributed by atoms with E-state index < -0.39 is 0 Å². The standard InChI is InChI=1S/C33H50FNO/c1-4-7-8-9-10-11-15-24-36-29-19-20-30(31(34)25-29)32-21-18-28(26-35-32)33(22-13-12-14-23-33)27(16-5-2)17-6-3/h18-21,25-27H,4-17,22-24H2,1-3H3. The Morgan fingerprint density at radius 3 is 2.14 bits per heavy atom. The van der Waals surface area contributed by atoms with Crippen molar-refractivity contribution in [3.63, 3.8) is 0 Å². The third kappa shape index (κ3) is 7.80. The van der Waals surface area contributed by atoms with Gasteiger partial charge in [0.05, 0.1) is 12.3 Å². The van der Waals surface area contributed by atoms with Crippen LogP contribution in [0.3, 0.4) is 0 Å². The predicted molar refractivity (Wildman–Crippen MR) is 151 cm³/mol. The van der Waals surface area contributed by atoms with Crippen molar-refractivity contribution in [1.29, 1.82) is 0 Å². The SMILES string of the molecule is CCCCCCCCCOc1ccc(-c2ccc(C3(C(CCC)CCC)CCCCC3)cn2)c(F)c1. The highest BCUT2D eigenvalue weighted by Gasteiger charge is 2.40. The number of pyridine rings is 1. The van der Waals surface area contributed by atoms with Crippen LogP contribution in [0.1, 0.15) is 129 Å². The Hall–Kier alpha value is -1.90. The Kier molecular flexibility index (Phi) is 12.2. The molecule has 200 valence electrons. The molecule has 36 heavy (non-hydrogen) atoms. The second kappa shape index (κ2) is 15.4. The number of benzene rings is 1. The number of unbranched alkanes of at least 4 members (excludes halogenated alkanes) is 6. The summed E-state index contributed by atoms with van der Waals surface area (Å²) in [6, 6.07) is 9.52. The van der Waals surface area contributed by atoms with E-state index in [9.17, 15) is 0 Å². The van der Waals surface area contributed by atoms with Crippen LogP contribution in [0.15, 0.2) is 36.5 Å². The van der Waals surface area contributed by atoms with Gasteiger partial charge in [-0.1, -0.05) is 97.5 Å². The maximum absolute atomic E-state index is 15.0. The van der Waals surface area contributed by atoms with Gasteiger partial charge in [0.25, 0.3) is 0 Å². The van der Waals surface area contributed by atoms with Gasteiger partial charge in [-0.3, -0.25) is 4.98 Å². The smallest absolute Gasteiger partial charge is 0.136 e. The van der Waals surface area contributed by atoms with E-state index >= 15 is 4.39 Å². The molecule has 0 bridgehead atoms. The molecule has 2 aromatic rings. The van der Waals surface area contributed by atoms with E-state index in [-0.39, 0.29) is 11.2 Å². The highest BCUT2D eigenvalue weighted by atomic mass is 19.1. The van der Waals surface area contributed by atoms with Crippen LogP contribution < -0.4 is 4.74 Å². The summed E-state index contributed by atoms with van der Waals surface area (Å²) in [5.41, 5.74) is 2.87. The van der Waals surface area contributed by atoms with Gasteiger partial charge in [-0.15, -0.1) is 0 Å². The van der Waals surface area contributed by atoms with E-state index in [2.05, 4.69) is 33.0 Å². The first kappa shape index (κ1) is 28.7. The number of nitrogens with zero attached hydrogens (tertiary/aromatic N) is 1. The van der Waals surface area contributed by atoms with E-state index in [1.54, 1.807) is 0 Å². The highest BCUT2D eigenvalue weighted by molar-refractivity contribution is 5.61. The number of ether oxygens (including phenoxy) is 1. The molecule has 1 heterocycles. The molecule has 2 nitrogen and oxygen atoms in total. The lowest BCUT2D eigenvalue weighted by molar-refractivity contribution is 0.167. The normalized spacial score (nSPS) is 15.4. The van der Waals surface area contributed by atoms with E-state index in [0.717, 1.165) is 6.42 Å². The maximum atomic E-state index is 15.0. The van der Waals surface area contributed by atoms with Gasteiger partial charge in [0.1, 0.15) is 11.6 Å². The van der Waals surface area contributed by atoms with Crippen molar-refractivity contribution in [3.05, 3.63) is 47.9 Å². The van der Waals surface area contributed by atoms with E-state index in [1.807, 2.05) is 18.2 Å². The molecule has 0 radical (unpaired) electrons. The fraction of sp³-hybridized carbons (Fsp3) is 0.667. The van der Waals surface area contributed by atoms with Crippen molar-refractivity contribution >= 4 is 0 Å². The molecule has 0 spiro atoms. The van der Waals surface area contributed by atoms with Gasteiger partial charge in [0.2, 0.25) is 0 Å². The number of halogens is 1. The quantitative estimate of drug-likeness (QED) is 0.216. The van der Waals surface area contributed by atoms with Crippen molar-refractivity contribution in [2.75, 3.05) is 6.61 Å². The monoisotopic (exact) mass is 495 g/mol. The van der Waals surface area contributed by atoms with Gasteiger partial charge in [-0.25, -0.2) is 4.39 Å². The minimum absolute atomic E-state index is 0.238. The summed E-state index contributed by atoms with van der Waals surface area (Å²) in [4.78, 5) is 4.80. The number of hydrogen-bond acceptors (Lipinski definition) is 2. The van der Waals surface area contributed by atoms with Crippen LogP contribution in [0.5, 0.6) is 5.75 Å². The van der Waals surface area contributed by atoms with Gasteiger partial charge < -0.3 is 4.74 Å². The minimum Gasteiger partial charge on any atom is -0.493 e. The summed E-state index contributed by atoms with van der Waals surface area (Å²) in [6.45, 7) is 7.52. The van der Waals surface area contributed by atoms with Crippen molar-refractivity contribution in [1.82, 2.24) is 4.98 Å². The molecule has 0 unspecified atom stereocenters. The lowest BCUT2D eigenvalue weighted by Crippen LogP contribution is -2.37. The van der Waals surface area contributed by atoms with Crippen molar-refractivity contribution < 1.29 is 9.13 Å². The molecule has 3 rings (SSSR count). The van der Waals surface area contributed by atoms with E-state index in [1.165, 1.54) is 108 Å². The van der Waals surface area contributed by atoms with Crippen LogP contribution in [0, 0.1) is 11.7 Å². The molecule has 3 heteroatoms. The van der Waals surface area contributed by atoms with E-state index in [4.69, 9.17) is 9.72 Å². The molecule has 1 saturated carbocycles. The van der Waals surface area contributed by atoms with Crippen molar-refractivity contribution in [2.24, 2.45) is 5.92 Å². The molecular weight excluding hydrogens is 445 g/mol. The van der Waals surface area contributed by atoms with Gasteiger partial charge in [-0.2, -0.15) is 0 Å². The Morgan fingerprint density at radius 2 is 1.53 bits per heavy atom. The fourth-order valence-corrected chi connectivity index (χ4v) is 6.40. The van der Waals surface area contributed by atoms with Crippen LogP contribution in [-0.2, 0) is 5.41 Å². The van der Waals surface area contributed by atoms with E-state index in [0.29, 0.717) is 29.5 Å². The fourth-order valence-electron chi connectivity index (χ4n) is 6.40. The molecule has 1 aliphatic rings. The van der Waals surface area contributed by atoms with Gasteiger partial charge >= 0.3 is 0 Å². The zero-order valence-corrected chi connectivity index (χ0v) is 23.3. The first-order valence-corrected chi connectivity index (χ1v) is 15.0. The van der Waals surface area contributed by atoms with Crippen LogP contribution in [0.25, 0.3) is 11.3 Å². The average molecular weight is 496 g/mol. The lowest BCUT2D eigenvalue weighted by Gasteiger charge is -2.44. The summed E-state index contributed by atoms with van der Waals surface area (Å²) in [5.74, 6) is 1.07. The summed E-state index contributed by atoms with van der Waals surface area (Å²) in [6.07, 6.45) is 22.3. The average Bonchev–Trinajstić information content (AvgIpc) is 2.91. The van der Waals surface area contributed by atoms with Gasteiger partial charge in [0.15, 0.2) is 0 Å². The number of hydrogen-bond donors (Lipinski definition) is 0. The molecule has 1 aromatic heterocycles. The topological polar surface area (TPSA) is 22.1 Å². The second-order valence-corrected chi connectivity index (χ2v) is 11.0. The third-order valence-electron chi connectivity index (χ3n) is 8.37. The molecule has 1 fully saturated rings. The Bertz CT molecular complexity index is 866. The predicted octanol–water partition coefficient (Wildman–Crippen LogP) is 10.4. The Morgan fingerprint density at radius 1 is 0.833 bits per heavy atom. The van der Waals surface area contributed by atoms with Crippen molar-refractivity contribution in [3.8, 4) is 17.0 Å². The molecule has 0 saturated heterocycles. The number of aromatic nitrogens is 1. The molecule has 0 N–H and O–H groups in total.